The van der Waals surface area contributed by atoms with Crippen LogP contribution in [0.15, 0.2) is 58.2 Å². The van der Waals surface area contributed by atoms with Gasteiger partial charge in [-0.25, -0.2) is 10.4 Å². The predicted octanol–water partition coefficient (Wildman–Crippen LogP) is 3.55. The van der Waals surface area contributed by atoms with Crippen molar-refractivity contribution >= 4 is 28.2 Å². The summed E-state index contributed by atoms with van der Waals surface area (Å²) in [4.78, 5) is 17.0. The van der Waals surface area contributed by atoms with Gasteiger partial charge in [-0.2, -0.15) is 5.10 Å². The SMILES string of the molecule is COc1cccc2cc(/C(C)=N\NC(=O)c3c(C)nc4ccccn34)oc12. The van der Waals surface area contributed by atoms with Gasteiger partial charge in [0.25, 0.3) is 5.91 Å². The van der Waals surface area contributed by atoms with Crippen molar-refractivity contribution < 1.29 is 13.9 Å². The van der Waals surface area contributed by atoms with Crippen LogP contribution in [0, 0.1) is 6.92 Å². The van der Waals surface area contributed by atoms with E-state index in [2.05, 4.69) is 15.5 Å². The zero-order chi connectivity index (χ0) is 19.0. The van der Waals surface area contributed by atoms with Gasteiger partial charge in [0.2, 0.25) is 0 Å². The van der Waals surface area contributed by atoms with E-state index in [4.69, 9.17) is 9.15 Å². The Morgan fingerprint density at radius 2 is 2.11 bits per heavy atom. The standard InChI is InChI=1S/C20H18N4O3/c1-12(16-11-14-7-6-8-15(26-3)19(14)27-16)22-23-20(25)18-13(2)21-17-9-4-5-10-24(17)18/h4-11H,1-3H3,(H,23,25)/b22-12-. The molecule has 0 bridgehead atoms. The summed E-state index contributed by atoms with van der Waals surface area (Å²) in [6.07, 6.45) is 1.80. The minimum Gasteiger partial charge on any atom is -0.493 e. The van der Waals surface area contributed by atoms with Gasteiger partial charge < -0.3 is 9.15 Å². The first kappa shape index (κ1) is 16.8. The first-order valence-electron chi connectivity index (χ1n) is 8.43. The lowest BCUT2D eigenvalue weighted by atomic mass is 10.2. The molecule has 0 radical (unpaired) electrons. The van der Waals surface area contributed by atoms with Crippen molar-refractivity contribution in [3.8, 4) is 5.75 Å². The van der Waals surface area contributed by atoms with Gasteiger partial charge in [-0.1, -0.05) is 18.2 Å². The number of ether oxygens (including phenoxy) is 1. The van der Waals surface area contributed by atoms with Gasteiger partial charge in [-0.05, 0) is 38.1 Å². The smallest absolute Gasteiger partial charge is 0.290 e. The molecule has 7 nitrogen and oxygen atoms in total. The van der Waals surface area contributed by atoms with Gasteiger partial charge in [0.15, 0.2) is 17.1 Å². The molecule has 1 amide bonds. The monoisotopic (exact) mass is 362 g/mol. The number of carbonyl (C=O) groups is 1. The van der Waals surface area contributed by atoms with Crippen LogP contribution in [0.2, 0.25) is 0 Å². The number of para-hydroxylation sites is 1. The first-order valence-corrected chi connectivity index (χ1v) is 8.43. The van der Waals surface area contributed by atoms with E-state index in [9.17, 15) is 4.79 Å². The molecule has 3 aromatic heterocycles. The minimum absolute atomic E-state index is 0.334. The molecule has 7 heteroatoms. The summed E-state index contributed by atoms with van der Waals surface area (Å²) in [5.41, 5.74) is 5.59. The number of hydrogen-bond acceptors (Lipinski definition) is 5. The third kappa shape index (κ3) is 2.93. The van der Waals surface area contributed by atoms with Crippen LogP contribution >= 0.6 is 0 Å². The van der Waals surface area contributed by atoms with Crippen LogP contribution in [0.3, 0.4) is 0 Å². The van der Waals surface area contributed by atoms with Crippen molar-refractivity contribution in [2.45, 2.75) is 13.8 Å². The fraction of sp³-hybridized carbons (Fsp3) is 0.150. The summed E-state index contributed by atoms with van der Waals surface area (Å²) in [5.74, 6) is 0.876. The van der Waals surface area contributed by atoms with Crippen molar-refractivity contribution in [3.63, 3.8) is 0 Å². The Labute approximate surface area is 155 Å². The Bertz CT molecular complexity index is 1190. The van der Waals surface area contributed by atoms with E-state index in [1.54, 1.807) is 31.6 Å². The number of fused-ring (bicyclic) bond motifs is 2. The molecule has 0 aliphatic rings. The van der Waals surface area contributed by atoms with Crippen LogP contribution in [0.25, 0.3) is 16.6 Å². The molecule has 4 aromatic rings. The summed E-state index contributed by atoms with van der Waals surface area (Å²) < 4.78 is 12.9. The molecule has 3 heterocycles. The molecule has 0 fully saturated rings. The highest BCUT2D eigenvalue weighted by atomic mass is 16.5. The molecule has 0 saturated heterocycles. The quantitative estimate of drug-likeness (QED) is 0.445. The zero-order valence-electron chi connectivity index (χ0n) is 15.2. The summed E-state index contributed by atoms with van der Waals surface area (Å²) in [6, 6.07) is 13.1. The van der Waals surface area contributed by atoms with Gasteiger partial charge in [0, 0.05) is 11.6 Å². The van der Waals surface area contributed by atoms with Gasteiger partial charge >= 0.3 is 0 Å². The van der Waals surface area contributed by atoms with E-state index in [1.807, 2.05) is 42.5 Å². The average Bonchev–Trinajstić information content (AvgIpc) is 3.25. The molecule has 27 heavy (non-hydrogen) atoms. The first-order chi connectivity index (χ1) is 13.1. The maximum atomic E-state index is 12.6. The highest BCUT2D eigenvalue weighted by Gasteiger charge is 2.16. The van der Waals surface area contributed by atoms with Crippen LogP contribution in [0.1, 0.15) is 28.9 Å². The van der Waals surface area contributed by atoms with Crippen LogP contribution in [-0.4, -0.2) is 28.1 Å². The van der Waals surface area contributed by atoms with Crippen molar-refractivity contribution in [1.82, 2.24) is 14.8 Å². The summed E-state index contributed by atoms with van der Waals surface area (Å²) in [6.45, 7) is 3.57. The van der Waals surface area contributed by atoms with E-state index < -0.39 is 0 Å². The fourth-order valence-electron chi connectivity index (χ4n) is 3.01. The second-order valence-electron chi connectivity index (χ2n) is 6.10. The summed E-state index contributed by atoms with van der Waals surface area (Å²) >= 11 is 0. The van der Waals surface area contributed by atoms with Gasteiger partial charge in [0.1, 0.15) is 17.1 Å². The Kier molecular flexibility index (Phi) is 4.12. The molecule has 136 valence electrons. The third-order valence-electron chi connectivity index (χ3n) is 4.33. The van der Waals surface area contributed by atoms with Crippen molar-refractivity contribution in [2.75, 3.05) is 7.11 Å². The number of furan rings is 1. The molecule has 0 aliphatic heterocycles. The summed E-state index contributed by atoms with van der Waals surface area (Å²) in [7, 11) is 1.59. The molecule has 0 aliphatic carbocycles. The molecule has 1 aromatic carbocycles. The Balaban J connectivity index is 1.62. The number of hydrogen-bond donors (Lipinski definition) is 1. The van der Waals surface area contributed by atoms with E-state index >= 15 is 0 Å². The van der Waals surface area contributed by atoms with Gasteiger partial charge in [0.05, 0.1) is 12.8 Å². The van der Waals surface area contributed by atoms with Crippen LogP contribution in [0.5, 0.6) is 5.75 Å². The number of pyridine rings is 1. The summed E-state index contributed by atoms with van der Waals surface area (Å²) in [5, 5.41) is 5.10. The van der Waals surface area contributed by atoms with E-state index in [-0.39, 0.29) is 5.91 Å². The molecule has 1 N–H and O–H groups in total. The van der Waals surface area contributed by atoms with Crippen molar-refractivity contribution in [3.05, 3.63) is 65.8 Å². The van der Waals surface area contributed by atoms with Gasteiger partial charge in [-0.3, -0.25) is 9.20 Å². The maximum Gasteiger partial charge on any atom is 0.290 e. The number of hydrazone groups is 1. The lowest BCUT2D eigenvalue weighted by Crippen LogP contribution is -2.21. The second kappa shape index (κ2) is 6.60. The average molecular weight is 362 g/mol. The molecule has 0 atom stereocenters. The number of aromatic nitrogens is 2. The fourth-order valence-corrected chi connectivity index (χ4v) is 3.01. The highest BCUT2D eigenvalue weighted by Crippen LogP contribution is 2.28. The predicted molar refractivity (Wildman–Crippen MR) is 102 cm³/mol. The van der Waals surface area contributed by atoms with Gasteiger partial charge in [-0.15, -0.1) is 0 Å². The molecular formula is C20H18N4O3. The Hall–Kier alpha value is -3.61. The van der Waals surface area contributed by atoms with Crippen molar-refractivity contribution in [2.24, 2.45) is 5.10 Å². The van der Waals surface area contributed by atoms with Crippen LogP contribution in [-0.2, 0) is 0 Å². The third-order valence-corrected chi connectivity index (χ3v) is 4.33. The van der Waals surface area contributed by atoms with Crippen LogP contribution in [0.4, 0.5) is 0 Å². The molecule has 0 saturated carbocycles. The number of amides is 1. The topological polar surface area (TPSA) is 81.1 Å². The number of imidazole rings is 1. The lowest BCUT2D eigenvalue weighted by molar-refractivity contribution is 0.0948. The number of benzene rings is 1. The van der Waals surface area contributed by atoms with E-state index in [0.29, 0.717) is 39.8 Å². The van der Waals surface area contributed by atoms with Crippen molar-refractivity contribution in [1.29, 1.82) is 0 Å². The molecule has 0 unspecified atom stereocenters. The molecular weight excluding hydrogens is 344 g/mol. The zero-order valence-corrected chi connectivity index (χ0v) is 15.2. The number of carbonyl (C=O) groups excluding carboxylic acids is 1. The minimum atomic E-state index is -0.334. The largest absolute Gasteiger partial charge is 0.493 e. The Morgan fingerprint density at radius 3 is 2.93 bits per heavy atom. The Morgan fingerprint density at radius 1 is 1.26 bits per heavy atom. The second-order valence-corrected chi connectivity index (χ2v) is 6.10. The number of nitrogens with one attached hydrogen (secondary N) is 1. The van der Waals surface area contributed by atoms with E-state index in [0.717, 1.165) is 5.39 Å². The number of methoxy groups -OCH3 is 1. The maximum absolute atomic E-state index is 12.6. The molecule has 0 spiro atoms. The van der Waals surface area contributed by atoms with Crippen LogP contribution < -0.4 is 10.2 Å². The normalized spacial score (nSPS) is 11.9. The molecule has 4 rings (SSSR count). The number of aryl methyl sites for hydroxylation is 1. The number of rotatable bonds is 4. The number of nitrogens with zero attached hydrogens (tertiary/aromatic N) is 3. The lowest BCUT2D eigenvalue weighted by Gasteiger charge is -2.02. The van der Waals surface area contributed by atoms with E-state index in [1.165, 1.54) is 0 Å². The highest BCUT2D eigenvalue weighted by molar-refractivity contribution is 6.02.